The third kappa shape index (κ3) is 2.48. The fourth-order valence-electron chi connectivity index (χ4n) is 2.63. The first-order valence-electron chi connectivity index (χ1n) is 6.98. The molecule has 0 radical (unpaired) electrons. The first kappa shape index (κ1) is 13.3. The summed E-state index contributed by atoms with van der Waals surface area (Å²) in [4.78, 5) is 13.6. The van der Waals surface area contributed by atoms with E-state index < -0.39 is 0 Å². The van der Waals surface area contributed by atoms with E-state index in [4.69, 9.17) is 16.6 Å². The van der Waals surface area contributed by atoms with Crippen molar-refractivity contribution < 1.29 is 0 Å². The van der Waals surface area contributed by atoms with Gasteiger partial charge in [0.05, 0.1) is 5.02 Å². The molecule has 2 heterocycles. The van der Waals surface area contributed by atoms with Crippen LogP contribution in [0.15, 0.2) is 18.3 Å². The first-order chi connectivity index (χ1) is 9.79. The van der Waals surface area contributed by atoms with E-state index >= 15 is 0 Å². The molecule has 0 aromatic carbocycles. The zero-order chi connectivity index (χ0) is 13.9. The zero-order valence-corrected chi connectivity index (χ0v) is 12.2. The van der Waals surface area contributed by atoms with Gasteiger partial charge in [0.1, 0.15) is 11.5 Å². The zero-order valence-electron chi connectivity index (χ0n) is 11.5. The van der Waals surface area contributed by atoms with Gasteiger partial charge in [-0.25, -0.2) is 9.97 Å². The Balaban J connectivity index is 2.14. The van der Waals surface area contributed by atoms with Crippen LogP contribution in [-0.2, 0) is 12.8 Å². The Morgan fingerprint density at radius 2 is 2.00 bits per heavy atom. The molecule has 1 aliphatic rings. The van der Waals surface area contributed by atoms with Crippen molar-refractivity contribution in [1.29, 1.82) is 0 Å². The average Bonchev–Trinajstić information content (AvgIpc) is 2.72. The number of hydrogen-bond donors (Lipinski definition) is 1. The molecule has 0 saturated heterocycles. The summed E-state index contributed by atoms with van der Waals surface area (Å²) in [7, 11) is 1.90. The van der Waals surface area contributed by atoms with E-state index in [2.05, 4.69) is 15.3 Å². The van der Waals surface area contributed by atoms with Crippen molar-refractivity contribution in [2.45, 2.75) is 32.1 Å². The highest BCUT2D eigenvalue weighted by Crippen LogP contribution is 2.29. The van der Waals surface area contributed by atoms with E-state index in [1.54, 1.807) is 6.20 Å². The summed E-state index contributed by atoms with van der Waals surface area (Å²) >= 11 is 6.21. The number of anilines is 1. The number of nitrogens with zero attached hydrogens (tertiary/aromatic N) is 3. The fourth-order valence-corrected chi connectivity index (χ4v) is 2.84. The van der Waals surface area contributed by atoms with Crippen LogP contribution in [0.3, 0.4) is 0 Å². The van der Waals surface area contributed by atoms with Crippen molar-refractivity contribution in [3.63, 3.8) is 0 Å². The maximum atomic E-state index is 6.21. The van der Waals surface area contributed by atoms with Crippen LogP contribution in [0, 0.1) is 0 Å². The highest BCUT2D eigenvalue weighted by molar-refractivity contribution is 6.32. The van der Waals surface area contributed by atoms with Crippen LogP contribution >= 0.6 is 11.6 Å². The Morgan fingerprint density at radius 3 is 2.80 bits per heavy atom. The van der Waals surface area contributed by atoms with Crippen LogP contribution in [-0.4, -0.2) is 22.0 Å². The predicted molar refractivity (Wildman–Crippen MR) is 81.1 cm³/mol. The molecule has 5 heteroatoms. The van der Waals surface area contributed by atoms with Gasteiger partial charge in [-0.3, -0.25) is 4.98 Å². The molecule has 104 valence electrons. The molecule has 2 aromatic rings. The van der Waals surface area contributed by atoms with Crippen LogP contribution in [0.4, 0.5) is 5.82 Å². The van der Waals surface area contributed by atoms with Crippen LogP contribution in [0.1, 0.15) is 30.5 Å². The van der Waals surface area contributed by atoms with Crippen molar-refractivity contribution in [2.75, 3.05) is 12.4 Å². The number of fused-ring (bicyclic) bond motifs is 1. The highest BCUT2D eigenvalue weighted by atomic mass is 35.5. The predicted octanol–water partition coefficient (Wildman–Crippen LogP) is 3.50. The fraction of sp³-hybridized carbons (Fsp3) is 0.400. The second-order valence-corrected chi connectivity index (χ2v) is 5.37. The van der Waals surface area contributed by atoms with Gasteiger partial charge in [-0.1, -0.05) is 18.0 Å². The smallest absolute Gasteiger partial charge is 0.181 e. The van der Waals surface area contributed by atoms with Crippen LogP contribution < -0.4 is 5.32 Å². The Hall–Kier alpha value is -1.68. The minimum absolute atomic E-state index is 0.586. The third-order valence-corrected chi connectivity index (χ3v) is 3.95. The van der Waals surface area contributed by atoms with E-state index in [1.165, 1.54) is 24.8 Å². The van der Waals surface area contributed by atoms with Gasteiger partial charge < -0.3 is 5.32 Å². The van der Waals surface area contributed by atoms with Gasteiger partial charge in [0.15, 0.2) is 5.82 Å². The molecule has 4 nitrogen and oxygen atoms in total. The molecule has 0 amide bonds. The number of hydrogen-bond acceptors (Lipinski definition) is 4. The minimum Gasteiger partial charge on any atom is -0.373 e. The molecule has 0 saturated carbocycles. The van der Waals surface area contributed by atoms with E-state index in [-0.39, 0.29) is 0 Å². The van der Waals surface area contributed by atoms with Gasteiger partial charge >= 0.3 is 0 Å². The summed E-state index contributed by atoms with van der Waals surface area (Å²) in [5.41, 5.74) is 3.04. The summed E-state index contributed by atoms with van der Waals surface area (Å²) in [5.74, 6) is 1.52. The largest absolute Gasteiger partial charge is 0.373 e. The summed E-state index contributed by atoms with van der Waals surface area (Å²) in [6.45, 7) is 0. The van der Waals surface area contributed by atoms with Crippen molar-refractivity contribution >= 4 is 17.4 Å². The summed E-state index contributed by atoms with van der Waals surface area (Å²) in [5, 5.41) is 3.78. The van der Waals surface area contributed by atoms with Crippen molar-refractivity contribution in [1.82, 2.24) is 15.0 Å². The quantitative estimate of drug-likeness (QED) is 0.859. The maximum Gasteiger partial charge on any atom is 0.181 e. The first-order valence-corrected chi connectivity index (χ1v) is 7.36. The molecule has 2 aromatic heterocycles. The van der Waals surface area contributed by atoms with Gasteiger partial charge in [0.25, 0.3) is 0 Å². The van der Waals surface area contributed by atoms with E-state index in [0.717, 1.165) is 24.4 Å². The SMILES string of the molecule is CNc1nc(-c2ncccc2Cl)nc2c1CCCCC2. The minimum atomic E-state index is 0.586. The summed E-state index contributed by atoms with van der Waals surface area (Å²) < 4.78 is 0. The van der Waals surface area contributed by atoms with E-state index in [9.17, 15) is 0 Å². The molecule has 3 rings (SSSR count). The van der Waals surface area contributed by atoms with Gasteiger partial charge in [0.2, 0.25) is 0 Å². The second kappa shape index (κ2) is 5.75. The Bertz CT molecular complexity index is 627. The van der Waals surface area contributed by atoms with E-state index in [1.807, 2.05) is 19.2 Å². The molecule has 0 aliphatic heterocycles. The number of rotatable bonds is 2. The standard InChI is InChI=1S/C15H17ClN4/c1-17-14-10-6-3-2-4-8-12(10)19-15(20-14)13-11(16)7-5-9-18-13/h5,7,9H,2-4,6,8H2,1H3,(H,17,19,20). The Labute approximate surface area is 123 Å². The van der Waals surface area contributed by atoms with Gasteiger partial charge in [-0.05, 0) is 37.8 Å². The van der Waals surface area contributed by atoms with Crippen molar-refractivity contribution in [3.05, 3.63) is 34.6 Å². The second-order valence-electron chi connectivity index (χ2n) is 4.97. The van der Waals surface area contributed by atoms with Crippen LogP contribution in [0.25, 0.3) is 11.5 Å². The number of nitrogens with one attached hydrogen (secondary N) is 1. The summed E-state index contributed by atoms with van der Waals surface area (Å²) in [6, 6.07) is 3.63. The highest BCUT2D eigenvalue weighted by Gasteiger charge is 2.18. The molecule has 0 atom stereocenters. The molecular weight excluding hydrogens is 272 g/mol. The number of aryl methyl sites for hydroxylation is 1. The molecule has 0 unspecified atom stereocenters. The lowest BCUT2D eigenvalue weighted by atomic mass is 10.1. The van der Waals surface area contributed by atoms with E-state index in [0.29, 0.717) is 16.5 Å². The molecular formula is C15H17ClN4. The molecule has 0 spiro atoms. The third-order valence-electron chi connectivity index (χ3n) is 3.64. The molecule has 20 heavy (non-hydrogen) atoms. The number of halogens is 1. The average molecular weight is 289 g/mol. The van der Waals surface area contributed by atoms with Gasteiger partial charge in [0, 0.05) is 24.5 Å². The van der Waals surface area contributed by atoms with Crippen LogP contribution in [0.2, 0.25) is 5.02 Å². The lowest BCUT2D eigenvalue weighted by molar-refractivity contribution is 0.709. The van der Waals surface area contributed by atoms with Gasteiger partial charge in [-0.15, -0.1) is 0 Å². The van der Waals surface area contributed by atoms with Crippen molar-refractivity contribution in [2.24, 2.45) is 0 Å². The Morgan fingerprint density at radius 1 is 1.15 bits per heavy atom. The topological polar surface area (TPSA) is 50.7 Å². The monoisotopic (exact) mass is 288 g/mol. The van der Waals surface area contributed by atoms with Crippen molar-refractivity contribution in [3.8, 4) is 11.5 Å². The molecule has 1 N–H and O–H groups in total. The Kier molecular flexibility index (Phi) is 3.83. The van der Waals surface area contributed by atoms with Crippen LogP contribution in [0.5, 0.6) is 0 Å². The van der Waals surface area contributed by atoms with Gasteiger partial charge in [-0.2, -0.15) is 0 Å². The normalized spacial score (nSPS) is 14.5. The summed E-state index contributed by atoms with van der Waals surface area (Å²) in [6.07, 6.45) is 7.40. The number of pyridine rings is 1. The molecule has 0 bridgehead atoms. The lowest BCUT2D eigenvalue weighted by Gasteiger charge is -2.13. The maximum absolute atomic E-state index is 6.21. The lowest BCUT2D eigenvalue weighted by Crippen LogP contribution is -2.07. The molecule has 0 fully saturated rings. The molecule has 1 aliphatic carbocycles. The number of aromatic nitrogens is 3.